The molecule has 0 aromatic carbocycles. The van der Waals surface area contributed by atoms with Crippen LogP contribution in [0, 0.1) is 6.54 Å². The second kappa shape index (κ2) is 4.85. The minimum absolute atomic E-state index is 1.07. The van der Waals surface area contributed by atoms with Crippen molar-refractivity contribution in [1.29, 1.82) is 0 Å². The summed E-state index contributed by atoms with van der Waals surface area (Å²) < 4.78 is 0. The molecule has 0 aromatic rings. The summed E-state index contributed by atoms with van der Waals surface area (Å²) in [4.78, 5) is 2.19. The molecule has 0 saturated carbocycles. The molecule has 0 heterocycles. The molecule has 0 fully saturated rings. The number of nitrogens with zero attached hydrogens (tertiary/aromatic N) is 1. The van der Waals surface area contributed by atoms with Crippen molar-refractivity contribution in [2.45, 2.75) is 13.8 Å². The van der Waals surface area contributed by atoms with Gasteiger partial charge in [0.05, 0.1) is 0 Å². The molecule has 1 heteroatoms. The van der Waals surface area contributed by atoms with Gasteiger partial charge in [0.1, 0.15) is 0 Å². The number of hydrogen-bond acceptors (Lipinski definition) is 1. The van der Waals surface area contributed by atoms with Gasteiger partial charge < -0.3 is 0 Å². The topological polar surface area (TPSA) is 3.24 Å². The quantitative estimate of drug-likeness (QED) is 0.534. The molecule has 0 saturated heterocycles. The lowest BCUT2D eigenvalue weighted by molar-refractivity contribution is 0.387. The molecule has 0 aliphatic heterocycles. The molecular weight excluding hydrogens is 98.1 g/mol. The summed E-state index contributed by atoms with van der Waals surface area (Å²) in [7, 11) is 0. The molecule has 0 unspecified atom stereocenters. The van der Waals surface area contributed by atoms with Crippen molar-refractivity contribution in [3.63, 3.8) is 0 Å². The lowest BCUT2D eigenvalue weighted by Gasteiger charge is -2.13. The van der Waals surface area contributed by atoms with E-state index in [1.807, 2.05) is 12.6 Å². The second-order valence-electron chi connectivity index (χ2n) is 1.61. The summed E-state index contributed by atoms with van der Waals surface area (Å²) in [5, 5.41) is 0. The van der Waals surface area contributed by atoms with Crippen LogP contribution in [0.3, 0.4) is 0 Å². The summed E-state index contributed by atoms with van der Waals surface area (Å²) in [6.07, 6.45) is 1.81. The highest BCUT2D eigenvalue weighted by molar-refractivity contribution is 4.85. The van der Waals surface area contributed by atoms with E-state index in [1.165, 1.54) is 0 Å². The number of likely N-dealkylation sites (N-methyl/N-ethyl adjacent to an activating group) is 1. The van der Waals surface area contributed by atoms with Crippen molar-refractivity contribution in [3.05, 3.63) is 19.2 Å². The van der Waals surface area contributed by atoms with Crippen LogP contribution in [0.15, 0.2) is 12.7 Å². The first-order chi connectivity index (χ1) is 3.85. The first kappa shape index (κ1) is 7.70. The fourth-order valence-electron chi connectivity index (χ4n) is 0.583. The van der Waals surface area contributed by atoms with Gasteiger partial charge >= 0.3 is 0 Å². The van der Waals surface area contributed by atoms with Gasteiger partial charge in [0.2, 0.25) is 0 Å². The van der Waals surface area contributed by atoms with Crippen LogP contribution in [0.2, 0.25) is 0 Å². The Bertz CT molecular complexity index is 55.4. The van der Waals surface area contributed by atoms with Gasteiger partial charge in [0.25, 0.3) is 0 Å². The third kappa shape index (κ3) is 2.80. The monoisotopic (exact) mass is 112 g/mol. The maximum absolute atomic E-state index is 3.60. The fourth-order valence-corrected chi connectivity index (χ4v) is 0.583. The predicted molar refractivity (Wildman–Crippen MR) is 37.4 cm³/mol. The highest BCUT2D eigenvalue weighted by atomic mass is 15.1. The van der Waals surface area contributed by atoms with E-state index in [0.29, 0.717) is 0 Å². The Labute approximate surface area is 52.0 Å². The Morgan fingerprint density at radius 3 is 2.00 bits per heavy atom. The molecule has 1 nitrogen and oxygen atoms in total. The molecule has 0 bridgehead atoms. The van der Waals surface area contributed by atoms with Crippen LogP contribution in [-0.4, -0.2) is 18.0 Å². The van der Waals surface area contributed by atoms with Crippen molar-refractivity contribution in [1.82, 2.24) is 4.90 Å². The van der Waals surface area contributed by atoms with Crippen LogP contribution >= 0.6 is 0 Å². The molecule has 0 amide bonds. The van der Waals surface area contributed by atoms with Crippen LogP contribution in [0.1, 0.15) is 13.8 Å². The van der Waals surface area contributed by atoms with Gasteiger partial charge in [-0.3, -0.25) is 4.90 Å². The lowest BCUT2D eigenvalue weighted by atomic mass is 10.5. The zero-order valence-electron chi connectivity index (χ0n) is 5.72. The van der Waals surface area contributed by atoms with Gasteiger partial charge in [0.15, 0.2) is 0 Å². The molecule has 0 rings (SSSR count). The molecule has 47 valence electrons. The fraction of sp³-hybridized carbons (Fsp3) is 0.571. The van der Waals surface area contributed by atoms with Crippen LogP contribution in [-0.2, 0) is 0 Å². The van der Waals surface area contributed by atoms with Crippen molar-refractivity contribution in [2.75, 3.05) is 13.1 Å². The molecule has 1 radical (unpaired) electrons. The molecular formula is C7H14N. The van der Waals surface area contributed by atoms with E-state index in [0.717, 1.165) is 13.1 Å². The first-order valence-corrected chi connectivity index (χ1v) is 3.05. The summed E-state index contributed by atoms with van der Waals surface area (Å²) in [5.74, 6) is 0. The molecule has 0 aliphatic rings. The predicted octanol–water partition coefficient (Wildman–Crippen LogP) is 1.68. The van der Waals surface area contributed by atoms with E-state index in [4.69, 9.17) is 0 Å². The normalized spacial score (nSPS) is 9.88. The molecule has 0 atom stereocenters. The summed E-state index contributed by atoms with van der Waals surface area (Å²) in [6.45, 7) is 12.0. The van der Waals surface area contributed by atoms with E-state index in [2.05, 4.69) is 25.3 Å². The highest BCUT2D eigenvalue weighted by Gasteiger charge is 1.91. The minimum atomic E-state index is 1.07. The van der Waals surface area contributed by atoms with E-state index >= 15 is 0 Å². The summed E-state index contributed by atoms with van der Waals surface area (Å²) in [6, 6.07) is 0. The number of rotatable bonds is 4. The smallest absolute Gasteiger partial charge is 0.0467 e. The average molecular weight is 112 g/mol. The average Bonchev–Trinajstić information content (AvgIpc) is 1.83. The third-order valence-electron chi connectivity index (χ3n) is 1.13. The van der Waals surface area contributed by atoms with Crippen molar-refractivity contribution >= 4 is 0 Å². The van der Waals surface area contributed by atoms with Crippen LogP contribution < -0.4 is 0 Å². The summed E-state index contributed by atoms with van der Waals surface area (Å²) in [5.41, 5.74) is 0. The SMILES string of the molecule is C=C[CH]N(CC)CC. The third-order valence-corrected chi connectivity index (χ3v) is 1.13. The lowest BCUT2D eigenvalue weighted by Crippen LogP contribution is -2.18. The Balaban J connectivity index is 3.20. The van der Waals surface area contributed by atoms with E-state index < -0.39 is 0 Å². The zero-order chi connectivity index (χ0) is 6.41. The highest BCUT2D eigenvalue weighted by Crippen LogP contribution is 1.89. The van der Waals surface area contributed by atoms with E-state index in [9.17, 15) is 0 Å². The molecule has 0 aromatic heterocycles. The maximum Gasteiger partial charge on any atom is 0.0467 e. The number of hydrogen-bond donors (Lipinski definition) is 0. The second-order valence-corrected chi connectivity index (χ2v) is 1.61. The Kier molecular flexibility index (Phi) is 4.67. The van der Waals surface area contributed by atoms with E-state index in [1.54, 1.807) is 0 Å². The van der Waals surface area contributed by atoms with Gasteiger partial charge in [-0.2, -0.15) is 0 Å². The van der Waals surface area contributed by atoms with Crippen LogP contribution in [0.4, 0.5) is 0 Å². The van der Waals surface area contributed by atoms with Crippen LogP contribution in [0.5, 0.6) is 0 Å². The Hall–Kier alpha value is -0.300. The van der Waals surface area contributed by atoms with Gasteiger partial charge in [-0.25, -0.2) is 0 Å². The molecule has 0 spiro atoms. The Morgan fingerprint density at radius 2 is 1.88 bits per heavy atom. The summed E-state index contributed by atoms with van der Waals surface area (Å²) >= 11 is 0. The van der Waals surface area contributed by atoms with Crippen LogP contribution in [0.25, 0.3) is 0 Å². The molecule has 8 heavy (non-hydrogen) atoms. The largest absolute Gasteiger partial charge is 0.296 e. The maximum atomic E-state index is 3.60. The van der Waals surface area contributed by atoms with Gasteiger partial charge in [-0.15, -0.1) is 6.58 Å². The standard InChI is InChI=1S/C7H14N/c1-4-7-8(5-2)6-3/h4,7H,1,5-6H2,2-3H3. The van der Waals surface area contributed by atoms with E-state index in [-0.39, 0.29) is 0 Å². The van der Waals surface area contributed by atoms with Crippen molar-refractivity contribution < 1.29 is 0 Å². The first-order valence-electron chi connectivity index (χ1n) is 3.05. The zero-order valence-corrected chi connectivity index (χ0v) is 5.72. The molecule has 0 aliphatic carbocycles. The van der Waals surface area contributed by atoms with Crippen molar-refractivity contribution in [2.24, 2.45) is 0 Å². The van der Waals surface area contributed by atoms with Gasteiger partial charge in [0, 0.05) is 6.54 Å². The van der Waals surface area contributed by atoms with Gasteiger partial charge in [-0.05, 0) is 13.1 Å². The Morgan fingerprint density at radius 1 is 1.38 bits per heavy atom. The minimum Gasteiger partial charge on any atom is -0.296 e. The van der Waals surface area contributed by atoms with Gasteiger partial charge in [-0.1, -0.05) is 19.9 Å². The van der Waals surface area contributed by atoms with Crippen molar-refractivity contribution in [3.8, 4) is 0 Å². The molecule has 0 N–H and O–H groups in total.